The van der Waals surface area contributed by atoms with E-state index in [1.807, 2.05) is 50.5 Å². The molecular formula is C36H52N4O2. The molecule has 4 atom stereocenters. The van der Waals surface area contributed by atoms with E-state index in [2.05, 4.69) is 61.1 Å². The fraction of sp³-hybridized carbons (Fsp3) is 0.500. The van der Waals surface area contributed by atoms with E-state index < -0.39 is 0 Å². The van der Waals surface area contributed by atoms with Crippen LogP contribution in [-0.2, 0) is 9.59 Å². The molecule has 6 heteroatoms. The first kappa shape index (κ1) is 33.3. The third-order valence-electron chi connectivity index (χ3n) is 8.36. The normalized spacial score (nSPS) is 20.8. The molecule has 0 N–H and O–H groups in total. The van der Waals surface area contributed by atoms with E-state index in [-0.39, 0.29) is 23.9 Å². The molecule has 2 fully saturated rings. The zero-order valence-electron chi connectivity index (χ0n) is 26.3. The Morgan fingerprint density at radius 1 is 0.738 bits per heavy atom. The van der Waals surface area contributed by atoms with E-state index >= 15 is 0 Å². The van der Waals surface area contributed by atoms with E-state index in [0.717, 1.165) is 37.3 Å². The highest BCUT2D eigenvalue weighted by Gasteiger charge is 2.33. The molecule has 0 saturated carbocycles. The van der Waals surface area contributed by atoms with Crippen LogP contribution in [0, 0.1) is 11.8 Å². The van der Waals surface area contributed by atoms with Crippen LogP contribution in [0.2, 0.25) is 0 Å². The van der Waals surface area contributed by atoms with Crippen LogP contribution in [0.15, 0.2) is 86.0 Å². The fourth-order valence-electron chi connectivity index (χ4n) is 6.20. The number of carbonyl (C=O) groups excluding carboxylic acids is 2. The molecule has 6 nitrogen and oxygen atoms in total. The SMILES string of the molecule is C=CCN(C)C(=O)[C@@H](c1ccccc1)N1CCC[C@H](C)C1.C=CCN(C)C(=O)[C@H](c1ccccc1)N1CCC[C@H](C)C1. The van der Waals surface area contributed by atoms with E-state index in [9.17, 15) is 9.59 Å². The Labute approximate surface area is 254 Å². The molecule has 2 amide bonds. The number of rotatable bonds is 10. The number of hydrogen-bond acceptors (Lipinski definition) is 4. The summed E-state index contributed by atoms with van der Waals surface area (Å²) < 4.78 is 0. The monoisotopic (exact) mass is 572 g/mol. The zero-order valence-corrected chi connectivity index (χ0v) is 26.3. The van der Waals surface area contributed by atoms with Gasteiger partial charge in [0.15, 0.2) is 0 Å². The van der Waals surface area contributed by atoms with Gasteiger partial charge in [-0.05, 0) is 61.7 Å². The molecule has 0 unspecified atom stereocenters. The lowest BCUT2D eigenvalue weighted by Gasteiger charge is -2.38. The minimum atomic E-state index is -0.168. The Hall–Kier alpha value is -3.22. The van der Waals surface area contributed by atoms with Gasteiger partial charge in [0.2, 0.25) is 11.8 Å². The molecule has 0 radical (unpaired) electrons. The van der Waals surface area contributed by atoms with Crippen LogP contribution in [0.4, 0.5) is 0 Å². The number of piperidine rings is 2. The Morgan fingerprint density at radius 3 is 1.40 bits per heavy atom. The summed E-state index contributed by atoms with van der Waals surface area (Å²) in [6.07, 6.45) is 8.41. The van der Waals surface area contributed by atoms with Gasteiger partial charge in [-0.3, -0.25) is 19.4 Å². The van der Waals surface area contributed by atoms with Crippen molar-refractivity contribution in [1.29, 1.82) is 0 Å². The number of nitrogens with zero attached hydrogens (tertiary/aromatic N) is 4. The Kier molecular flexibility index (Phi) is 13.5. The van der Waals surface area contributed by atoms with Gasteiger partial charge in [-0.2, -0.15) is 0 Å². The Morgan fingerprint density at radius 2 is 1.10 bits per heavy atom. The van der Waals surface area contributed by atoms with Crippen LogP contribution in [-0.4, -0.2) is 84.8 Å². The molecular weight excluding hydrogens is 520 g/mol. The van der Waals surface area contributed by atoms with E-state index in [1.165, 1.54) is 25.7 Å². The van der Waals surface area contributed by atoms with Gasteiger partial charge in [0, 0.05) is 40.3 Å². The molecule has 2 aromatic carbocycles. The van der Waals surface area contributed by atoms with Gasteiger partial charge >= 0.3 is 0 Å². The number of amides is 2. The number of likely N-dealkylation sites (N-methyl/N-ethyl adjacent to an activating group) is 2. The zero-order chi connectivity index (χ0) is 30.5. The van der Waals surface area contributed by atoms with E-state index in [4.69, 9.17) is 0 Å². The maximum atomic E-state index is 12.9. The van der Waals surface area contributed by atoms with Gasteiger partial charge in [-0.1, -0.05) is 86.7 Å². The van der Waals surface area contributed by atoms with Crippen LogP contribution in [0.3, 0.4) is 0 Å². The smallest absolute Gasteiger partial charge is 0.244 e. The van der Waals surface area contributed by atoms with Crippen LogP contribution < -0.4 is 0 Å². The predicted octanol–water partition coefficient (Wildman–Crippen LogP) is 6.21. The van der Waals surface area contributed by atoms with Crippen molar-refractivity contribution in [3.05, 3.63) is 97.1 Å². The molecule has 2 aliphatic heterocycles. The van der Waals surface area contributed by atoms with Crippen molar-refractivity contribution >= 4 is 11.8 Å². The largest absolute Gasteiger partial charge is 0.340 e. The Bertz CT molecular complexity index is 1030. The summed E-state index contributed by atoms with van der Waals surface area (Å²) in [5.41, 5.74) is 2.18. The lowest BCUT2D eigenvalue weighted by Crippen LogP contribution is -2.45. The maximum Gasteiger partial charge on any atom is 0.244 e. The van der Waals surface area contributed by atoms with Gasteiger partial charge in [-0.25, -0.2) is 0 Å². The topological polar surface area (TPSA) is 47.1 Å². The van der Waals surface area contributed by atoms with Crippen LogP contribution >= 0.6 is 0 Å². The summed E-state index contributed by atoms with van der Waals surface area (Å²) in [6.45, 7) is 17.2. The summed E-state index contributed by atoms with van der Waals surface area (Å²) in [5, 5.41) is 0. The van der Waals surface area contributed by atoms with Crippen molar-refractivity contribution in [3.63, 3.8) is 0 Å². The van der Waals surface area contributed by atoms with Gasteiger partial charge < -0.3 is 9.80 Å². The first-order valence-corrected chi connectivity index (χ1v) is 15.6. The molecule has 2 aromatic rings. The van der Waals surface area contributed by atoms with Crippen molar-refractivity contribution in [2.45, 2.75) is 51.6 Å². The molecule has 0 aromatic heterocycles. The van der Waals surface area contributed by atoms with Gasteiger partial charge in [0.1, 0.15) is 12.1 Å². The summed E-state index contributed by atoms with van der Waals surface area (Å²) in [5.74, 6) is 1.63. The molecule has 2 heterocycles. The summed E-state index contributed by atoms with van der Waals surface area (Å²) in [6, 6.07) is 19.9. The van der Waals surface area contributed by atoms with Crippen molar-refractivity contribution in [3.8, 4) is 0 Å². The molecule has 2 saturated heterocycles. The van der Waals surface area contributed by atoms with Crippen LogP contribution in [0.5, 0.6) is 0 Å². The molecule has 4 rings (SSSR count). The second-order valence-corrected chi connectivity index (χ2v) is 12.1. The first-order valence-electron chi connectivity index (χ1n) is 15.6. The van der Waals surface area contributed by atoms with Gasteiger partial charge in [-0.15, -0.1) is 13.2 Å². The molecule has 0 spiro atoms. The molecule has 0 aliphatic carbocycles. The number of benzene rings is 2. The second-order valence-electron chi connectivity index (χ2n) is 12.1. The predicted molar refractivity (Wildman–Crippen MR) is 174 cm³/mol. The number of hydrogen-bond donors (Lipinski definition) is 0. The average molecular weight is 573 g/mol. The van der Waals surface area contributed by atoms with Crippen LogP contribution in [0.25, 0.3) is 0 Å². The van der Waals surface area contributed by atoms with Gasteiger partial charge in [0.25, 0.3) is 0 Å². The summed E-state index contributed by atoms with van der Waals surface area (Å²) in [7, 11) is 3.71. The van der Waals surface area contributed by atoms with Crippen LogP contribution in [0.1, 0.15) is 62.7 Å². The molecule has 2 aliphatic rings. The highest BCUT2D eigenvalue weighted by molar-refractivity contribution is 5.84. The molecule has 42 heavy (non-hydrogen) atoms. The third-order valence-corrected chi connectivity index (χ3v) is 8.36. The van der Waals surface area contributed by atoms with Crippen molar-refractivity contribution in [2.75, 3.05) is 53.4 Å². The summed E-state index contributed by atoms with van der Waals surface area (Å²) >= 11 is 0. The fourth-order valence-corrected chi connectivity index (χ4v) is 6.20. The van der Waals surface area contributed by atoms with Crippen molar-refractivity contribution in [1.82, 2.24) is 19.6 Å². The quantitative estimate of drug-likeness (QED) is 0.318. The minimum Gasteiger partial charge on any atom is -0.340 e. The number of carbonyl (C=O) groups is 2. The van der Waals surface area contributed by atoms with Crippen molar-refractivity contribution < 1.29 is 9.59 Å². The highest BCUT2D eigenvalue weighted by atomic mass is 16.2. The third kappa shape index (κ3) is 9.40. The maximum absolute atomic E-state index is 12.9. The van der Waals surface area contributed by atoms with E-state index in [0.29, 0.717) is 24.9 Å². The van der Waals surface area contributed by atoms with Gasteiger partial charge in [0.05, 0.1) is 0 Å². The lowest BCUT2D eigenvalue weighted by atomic mass is 9.95. The highest BCUT2D eigenvalue weighted by Crippen LogP contribution is 2.29. The number of likely N-dealkylation sites (tertiary alicyclic amines) is 2. The van der Waals surface area contributed by atoms with Crippen molar-refractivity contribution in [2.24, 2.45) is 11.8 Å². The summed E-state index contributed by atoms with van der Waals surface area (Å²) in [4.78, 5) is 34.0. The molecule has 0 bridgehead atoms. The van der Waals surface area contributed by atoms with E-state index in [1.54, 1.807) is 22.0 Å². The Balaban J connectivity index is 0.000000230. The first-order chi connectivity index (χ1) is 20.3. The average Bonchev–Trinajstić information content (AvgIpc) is 2.99. The minimum absolute atomic E-state index is 0.162. The second kappa shape index (κ2) is 17.0. The standard InChI is InChI=1S/2C18H26N2O/c2*1-4-12-19(3)18(21)17(16-10-6-5-7-11-16)20-13-8-9-15(2)14-20/h2*4-7,10-11,15,17H,1,8-9,12-14H2,2-3H3/t15-,17+;15-,17-/m00/s1. The lowest BCUT2D eigenvalue weighted by molar-refractivity contribution is -0.137. The molecule has 228 valence electrons.